The van der Waals surface area contributed by atoms with E-state index in [1.807, 2.05) is 0 Å². The maximum Gasteiger partial charge on any atom is 0.248 e. The predicted molar refractivity (Wildman–Crippen MR) is 120 cm³/mol. The molecule has 1 atom stereocenters. The predicted octanol–water partition coefficient (Wildman–Crippen LogP) is 3.11. The van der Waals surface area contributed by atoms with Gasteiger partial charge in [-0.3, -0.25) is 4.79 Å². The number of hydrogen-bond donors (Lipinski definition) is 4. The highest BCUT2D eigenvalue weighted by atomic mass is 16.3. The van der Waals surface area contributed by atoms with Crippen molar-refractivity contribution in [3.8, 4) is 5.75 Å². The lowest BCUT2D eigenvalue weighted by molar-refractivity contribution is 0.176. The molecular formula is C24H28N3O3. The fourth-order valence-corrected chi connectivity index (χ4v) is 4.03. The molecule has 157 valence electrons. The molecule has 1 fully saturated rings. The van der Waals surface area contributed by atoms with Crippen LogP contribution in [0.2, 0.25) is 0 Å². The summed E-state index contributed by atoms with van der Waals surface area (Å²) in [5, 5.41) is 24.6. The number of hydrogen-bond acceptors (Lipinski definition) is 5. The maximum atomic E-state index is 11.5. The second-order valence-corrected chi connectivity index (χ2v) is 8.03. The zero-order valence-corrected chi connectivity index (χ0v) is 17.0. The SMILES string of the molecule is [CH2]C1CCN(c2ccc(CNC[C@H](O)c3ccc(O)c4[nH]c(=O)ccc34)cc2)CC1. The first-order valence-corrected chi connectivity index (χ1v) is 10.4. The van der Waals surface area contributed by atoms with Crippen molar-refractivity contribution >= 4 is 16.6 Å². The number of pyridine rings is 1. The van der Waals surface area contributed by atoms with E-state index >= 15 is 0 Å². The van der Waals surface area contributed by atoms with Crippen molar-refractivity contribution in [1.29, 1.82) is 0 Å². The summed E-state index contributed by atoms with van der Waals surface area (Å²) in [7, 11) is 0. The Morgan fingerprint density at radius 3 is 2.57 bits per heavy atom. The van der Waals surface area contributed by atoms with E-state index in [1.54, 1.807) is 12.1 Å². The van der Waals surface area contributed by atoms with Gasteiger partial charge in [-0.15, -0.1) is 0 Å². The first-order chi connectivity index (χ1) is 14.5. The third kappa shape index (κ3) is 4.50. The third-order valence-electron chi connectivity index (χ3n) is 5.85. The number of phenolic OH excluding ortho intramolecular Hbond substituents is 1. The fraction of sp³-hybridized carbons (Fsp3) is 0.333. The highest BCUT2D eigenvalue weighted by molar-refractivity contribution is 5.87. The first kappa shape index (κ1) is 20.4. The lowest BCUT2D eigenvalue weighted by atomic mass is 9.98. The Bertz CT molecular complexity index is 1050. The Hall–Kier alpha value is -2.83. The number of aromatic hydroxyl groups is 1. The van der Waals surface area contributed by atoms with E-state index in [2.05, 4.69) is 46.4 Å². The van der Waals surface area contributed by atoms with Crippen molar-refractivity contribution in [2.45, 2.75) is 25.5 Å². The lowest BCUT2D eigenvalue weighted by Gasteiger charge is -2.32. The second-order valence-electron chi connectivity index (χ2n) is 8.03. The second kappa shape index (κ2) is 8.90. The third-order valence-corrected chi connectivity index (χ3v) is 5.85. The summed E-state index contributed by atoms with van der Waals surface area (Å²) in [6.07, 6.45) is 1.52. The molecule has 1 aromatic heterocycles. The molecule has 30 heavy (non-hydrogen) atoms. The summed E-state index contributed by atoms with van der Waals surface area (Å²) in [6.45, 7) is 7.27. The van der Waals surface area contributed by atoms with Crippen LogP contribution in [0.25, 0.3) is 10.9 Å². The number of piperidine rings is 1. The molecule has 4 N–H and O–H groups in total. The zero-order chi connectivity index (χ0) is 21.1. The van der Waals surface area contributed by atoms with Gasteiger partial charge in [0.05, 0.1) is 11.6 Å². The minimum atomic E-state index is -0.762. The van der Waals surface area contributed by atoms with Gasteiger partial charge in [0, 0.05) is 43.3 Å². The van der Waals surface area contributed by atoms with Crippen LogP contribution >= 0.6 is 0 Å². The number of aliphatic hydroxyl groups excluding tert-OH is 1. The molecule has 6 heteroatoms. The zero-order valence-electron chi connectivity index (χ0n) is 17.0. The first-order valence-electron chi connectivity index (χ1n) is 10.4. The molecule has 0 spiro atoms. The number of anilines is 1. The van der Waals surface area contributed by atoms with E-state index in [9.17, 15) is 15.0 Å². The molecule has 1 saturated heterocycles. The van der Waals surface area contributed by atoms with Gasteiger partial charge in [0.2, 0.25) is 5.56 Å². The van der Waals surface area contributed by atoms with Gasteiger partial charge < -0.3 is 25.4 Å². The van der Waals surface area contributed by atoms with E-state index < -0.39 is 6.10 Å². The van der Waals surface area contributed by atoms with Crippen molar-refractivity contribution in [2.24, 2.45) is 5.92 Å². The molecule has 2 aromatic carbocycles. The van der Waals surface area contributed by atoms with Crippen molar-refractivity contribution in [3.05, 3.63) is 76.9 Å². The highest BCUT2D eigenvalue weighted by Crippen LogP contribution is 2.28. The number of nitrogens with zero attached hydrogens (tertiary/aromatic N) is 1. The molecule has 0 bridgehead atoms. The van der Waals surface area contributed by atoms with Gasteiger partial charge in [0.15, 0.2) is 0 Å². The molecular weight excluding hydrogens is 378 g/mol. The number of benzene rings is 2. The molecule has 1 aliphatic heterocycles. The summed E-state index contributed by atoms with van der Waals surface area (Å²) in [4.78, 5) is 16.6. The summed E-state index contributed by atoms with van der Waals surface area (Å²) < 4.78 is 0. The molecule has 1 aliphatic rings. The van der Waals surface area contributed by atoms with Crippen molar-refractivity contribution in [1.82, 2.24) is 10.3 Å². The quantitative estimate of drug-likeness (QED) is 0.505. The average molecular weight is 407 g/mol. The van der Waals surface area contributed by atoms with E-state index in [0.29, 0.717) is 35.5 Å². The average Bonchev–Trinajstić information content (AvgIpc) is 2.75. The summed E-state index contributed by atoms with van der Waals surface area (Å²) >= 11 is 0. The number of aliphatic hydroxyl groups is 1. The minimum Gasteiger partial charge on any atom is -0.506 e. The summed E-state index contributed by atoms with van der Waals surface area (Å²) in [6, 6.07) is 14.7. The van der Waals surface area contributed by atoms with Gasteiger partial charge in [0.25, 0.3) is 0 Å². The Morgan fingerprint density at radius 1 is 1.10 bits per heavy atom. The number of phenols is 1. The van der Waals surface area contributed by atoms with Gasteiger partial charge in [-0.05, 0) is 54.2 Å². The Labute approximate surface area is 176 Å². The van der Waals surface area contributed by atoms with Crippen LogP contribution in [0, 0.1) is 12.8 Å². The Morgan fingerprint density at radius 2 is 1.83 bits per heavy atom. The Kier molecular flexibility index (Phi) is 6.06. The lowest BCUT2D eigenvalue weighted by Crippen LogP contribution is -2.32. The number of H-pyrrole nitrogens is 1. The van der Waals surface area contributed by atoms with Crippen LogP contribution < -0.4 is 15.8 Å². The van der Waals surface area contributed by atoms with Crippen molar-refractivity contribution in [2.75, 3.05) is 24.5 Å². The van der Waals surface area contributed by atoms with Crippen molar-refractivity contribution < 1.29 is 10.2 Å². The van der Waals surface area contributed by atoms with Crippen LogP contribution in [0.5, 0.6) is 5.75 Å². The molecule has 2 heterocycles. The van der Waals surface area contributed by atoms with E-state index in [0.717, 1.165) is 31.5 Å². The van der Waals surface area contributed by atoms with Crippen molar-refractivity contribution in [3.63, 3.8) is 0 Å². The number of aromatic amines is 1. The number of rotatable bonds is 6. The minimum absolute atomic E-state index is 0.00822. The standard InChI is InChI=1S/C24H28N3O3/c1-16-10-12-27(13-11-16)18-4-2-17(3-5-18)14-25-15-22(29)19-6-8-21(28)24-20(19)7-9-23(30)26-24/h2-9,16,22,25,28-29H,1,10-15H2,(H,26,30)/t22-/m0/s1. The van der Waals surface area contributed by atoms with E-state index in [1.165, 1.54) is 17.8 Å². The molecule has 0 amide bonds. The fourth-order valence-electron chi connectivity index (χ4n) is 4.03. The van der Waals surface area contributed by atoms with E-state index in [4.69, 9.17) is 0 Å². The van der Waals surface area contributed by atoms with Crippen LogP contribution in [-0.4, -0.2) is 34.8 Å². The molecule has 1 radical (unpaired) electrons. The van der Waals surface area contributed by atoms with Gasteiger partial charge in [-0.2, -0.15) is 0 Å². The van der Waals surface area contributed by atoms with Gasteiger partial charge in [0.1, 0.15) is 5.75 Å². The topological polar surface area (TPSA) is 88.6 Å². The van der Waals surface area contributed by atoms with Gasteiger partial charge in [-0.25, -0.2) is 0 Å². The molecule has 0 aliphatic carbocycles. The highest BCUT2D eigenvalue weighted by Gasteiger charge is 2.16. The van der Waals surface area contributed by atoms with E-state index in [-0.39, 0.29) is 11.3 Å². The van der Waals surface area contributed by atoms with Crippen LogP contribution in [0.15, 0.2) is 53.3 Å². The number of fused-ring (bicyclic) bond motifs is 1. The molecule has 0 unspecified atom stereocenters. The number of nitrogens with one attached hydrogen (secondary N) is 2. The number of aromatic nitrogens is 1. The molecule has 3 aromatic rings. The van der Waals surface area contributed by atoms with Crippen LogP contribution in [0.3, 0.4) is 0 Å². The maximum absolute atomic E-state index is 11.5. The Balaban J connectivity index is 1.36. The molecule has 6 nitrogen and oxygen atoms in total. The van der Waals surface area contributed by atoms with Gasteiger partial charge >= 0.3 is 0 Å². The normalized spacial score (nSPS) is 16.1. The summed E-state index contributed by atoms with van der Waals surface area (Å²) in [5.41, 5.74) is 3.11. The van der Waals surface area contributed by atoms with Crippen LogP contribution in [-0.2, 0) is 6.54 Å². The smallest absolute Gasteiger partial charge is 0.248 e. The van der Waals surface area contributed by atoms with Crippen LogP contribution in [0.1, 0.15) is 30.1 Å². The molecule has 4 rings (SSSR count). The largest absolute Gasteiger partial charge is 0.506 e. The van der Waals surface area contributed by atoms with Crippen LogP contribution in [0.4, 0.5) is 5.69 Å². The monoisotopic (exact) mass is 406 g/mol. The summed E-state index contributed by atoms with van der Waals surface area (Å²) in [5.74, 6) is 0.563. The molecule has 0 saturated carbocycles. The van der Waals surface area contributed by atoms with Gasteiger partial charge in [-0.1, -0.05) is 25.1 Å².